The minimum atomic E-state index is -0.102. The van der Waals surface area contributed by atoms with Gasteiger partial charge in [0.05, 0.1) is 0 Å². The molecule has 1 atom stereocenters. The maximum atomic E-state index is 9.17. The number of hydrogen-bond acceptors (Lipinski definition) is 2. The van der Waals surface area contributed by atoms with Gasteiger partial charge < -0.3 is 10.4 Å². The molecule has 0 aliphatic heterocycles. The monoisotopic (exact) mass is 241 g/mol. The van der Waals surface area contributed by atoms with Crippen LogP contribution in [-0.2, 0) is 0 Å². The minimum absolute atomic E-state index is 0.102. The molecule has 0 saturated carbocycles. The average molecular weight is 242 g/mol. The number of hydrogen-bond donors (Lipinski definition) is 2. The van der Waals surface area contributed by atoms with E-state index in [4.69, 9.17) is 16.7 Å². The third-order valence-corrected chi connectivity index (χ3v) is 3.03. The molecule has 16 heavy (non-hydrogen) atoms. The van der Waals surface area contributed by atoms with Crippen LogP contribution in [0.4, 0.5) is 0 Å². The van der Waals surface area contributed by atoms with Crippen molar-refractivity contribution in [3.8, 4) is 0 Å². The van der Waals surface area contributed by atoms with Crippen molar-refractivity contribution in [3.63, 3.8) is 0 Å². The lowest BCUT2D eigenvalue weighted by atomic mass is 9.94. The standard InChI is InChI=1S/C13H20ClNO/c1-10(15-8-13(2,3)9-16)11-6-4-5-7-12(11)14/h4-7,10,15-16H,8-9H2,1-3H3/t10-/m1/s1. The summed E-state index contributed by atoms with van der Waals surface area (Å²) < 4.78 is 0. The van der Waals surface area contributed by atoms with Crippen molar-refractivity contribution in [2.75, 3.05) is 13.2 Å². The first-order valence-electron chi connectivity index (χ1n) is 5.55. The van der Waals surface area contributed by atoms with Gasteiger partial charge in [-0.25, -0.2) is 0 Å². The fourth-order valence-electron chi connectivity index (χ4n) is 1.42. The zero-order valence-corrected chi connectivity index (χ0v) is 10.9. The highest BCUT2D eigenvalue weighted by molar-refractivity contribution is 6.31. The van der Waals surface area contributed by atoms with Gasteiger partial charge in [0.15, 0.2) is 0 Å². The molecule has 0 bridgehead atoms. The van der Waals surface area contributed by atoms with Crippen molar-refractivity contribution in [2.45, 2.75) is 26.8 Å². The molecule has 0 aromatic heterocycles. The van der Waals surface area contributed by atoms with Crippen LogP contribution in [0.25, 0.3) is 0 Å². The first-order valence-corrected chi connectivity index (χ1v) is 5.93. The van der Waals surface area contributed by atoms with Crippen LogP contribution in [0.5, 0.6) is 0 Å². The maximum absolute atomic E-state index is 9.17. The smallest absolute Gasteiger partial charge is 0.0494 e. The van der Waals surface area contributed by atoms with Crippen LogP contribution in [0, 0.1) is 5.41 Å². The summed E-state index contributed by atoms with van der Waals surface area (Å²) in [6.45, 7) is 7.07. The summed E-state index contributed by atoms with van der Waals surface area (Å²) in [6, 6.07) is 8.02. The Bertz CT molecular complexity index is 338. The highest BCUT2D eigenvalue weighted by Crippen LogP contribution is 2.23. The van der Waals surface area contributed by atoms with E-state index in [1.54, 1.807) is 0 Å². The van der Waals surface area contributed by atoms with E-state index in [0.29, 0.717) is 0 Å². The summed E-state index contributed by atoms with van der Waals surface area (Å²) in [5.74, 6) is 0. The molecule has 0 heterocycles. The van der Waals surface area contributed by atoms with Crippen molar-refractivity contribution in [3.05, 3.63) is 34.9 Å². The van der Waals surface area contributed by atoms with Gasteiger partial charge in [0.25, 0.3) is 0 Å². The van der Waals surface area contributed by atoms with Crippen LogP contribution in [0.1, 0.15) is 32.4 Å². The maximum Gasteiger partial charge on any atom is 0.0494 e. The normalized spacial score (nSPS) is 13.8. The second-order valence-corrected chi connectivity index (χ2v) is 5.35. The molecule has 90 valence electrons. The molecule has 2 nitrogen and oxygen atoms in total. The van der Waals surface area contributed by atoms with Crippen molar-refractivity contribution in [1.29, 1.82) is 0 Å². The Morgan fingerprint density at radius 2 is 2.00 bits per heavy atom. The van der Waals surface area contributed by atoms with Crippen LogP contribution in [-0.4, -0.2) is 18.3 Å². The van der Waals surface area contributed by atoms with Gasteiger partial charge in [-0.1, -0.05) is 43.6 Å². The molecular weight excluding hydrogens is 222 g/mol. The lowest BCUT2D eigenvalue weighted by Crippen LogP contribution is -2.33. The fraction of sp³-hybridized carbons (Fsp3) is 0.538. The Morgan fingerprint density at radius 3 is 2.56 bits per heavy atom. The quantitative estimate of drug-likeness (QED) is 0.831. The molecule has 0 fully saturated rings. The number of aliphatic hydroxyl groups excluding tert-OH is 1. The molecule has 0 aliphatic rings. The highest BCUT2D eigenvalue weighted by atomic mass is 35.5. The van der Waals surface area contributed by atoms with E-state index in [-0.39, 0.29) is 18.1 Å². The minimum Gasteiger partial charge on any atom is -0.396 e. The van der Waals surface area contributed by atoms with Gasteiger partial charge in [0.2, 0.25) is 0 Å². The third-order valence-electron chi connectivity index (χ3n) is 2.69. The van der Waals surface area contributed by atoms with Crippen molar-refractivity contribution < 1.29 is 5.11 Å². The molecule has 0 aliphatic carbocycles. The summed E-state index contributed by atoms with van der Waals surface area (Å²) in [5.41, 5.74) is 0.994. The molecule has 0 saturated heterocycles. The van der Waals surface area contributed by atoms with E-state index in [1.807, 2.05) is 38.1 Å². The fourth-order valence-corrected chi connectivity index (χ4v) is 1.72. The molecule has 1 rings (SSSR count). The van der Waals surface area contributed by atoms with Gasteiger partial charge >= 0.3 is 0 Å². The molecule has 3 heteroatoms. The number of nitrogens with one attached hydrogen (secondary N) is 1. The molecule has 1 aromatic rings. The van der Waals surface area contributed by atoms with Crippen LogP contribution in [0.2, 0.25) is 5.02 Å². The van der Waals surface area contributed by atoms with Crippen LogP contribution in [0.15, 0.2) is 24.3 Å². The molecule has 0 radical (unpaired) electrons. The van der Waals surface area contributed by atoms with Crippen molar-refractivity contribution in [1.82, 2.24) is 5.32 Å². The molecule has 0 spiro atoms. The number of rotatable bonds is 5. The second-order valence-electron chi connectivity index (χ2n) is 4.95. The molecule has 2 N–H and O–H groups in total. The molecule has 0 amide bonds. The molecule has 0 unspecified atom stereocenters. The Hall–Kier alpha value is -0.570. The lowest BCUT2D eigenvalue weighted by molar-refractivity contribution is 0.154. The zero-order chi connectivity index (χ0) is 12.2. The molecule has 1 aromatic carbocycles. The number of halogens is 1. The number of benzene rings is 1. The van der Waals surface area contributed by atoms with Gasteiger partial charge in [-0.3, -0.25) is 0 Å². The van der Waals surface area contributed by atoms with E-state index in [0.717, 1.165) is 17.1 Å². The van der Waals surface area contributed by atoms with E-state index < -0.39 is 0 Å². The highest BCUT2D eigenvalue weighted by Gasteiger charge is 2.18. The van der Waals surface area contributed by atoms with E-state index in [9.17, 15) is 0 Å². The van der Waals surface area contributed by atoms with Crippen LogP contribution < -0.4 is 5.32 Å². The summed E-state index contributed by atoms with van der Waals surface area (Å²) in [7, 11) is 0. The molecular formula is C13H20ClNO. The summed E-state index contributed by atoms with van der Waals surface area (Å²) in [5, 5.41) is 13.3. The van der Waals surface area contributed by atoms with Gasteiger partial charge in [-0.2, -0.15) is 0 Å². The first-order chi connectivity index (χ1) is 7.46. The number of aliphatic hydroxyl groups is 1. The van der Waals surface area contributed by atoms with Crippen LogP contribution >= 0.6 is 11.6 Å². The summed E-state index contributed by atoms with van der Waals surface area (Å²) in [6.07, 6.45) is 0. The Morgan fingerprint density at radius 1 is 1.38 bits per heavy atom. The van der Waals surface area contributed by atoms with Gasteiger partial charge in [-0.05, 0) is 18.6 Å². The van der Waals surface area contributed by atoms with Crippen molar-refractivity contribution >= 4 is 11.6 Å². The largest absolute Gasteiger partial charge is 0.396 e. The first kappa shape index (κ1) is 13.5. The average Bonchev–Trinajstić information content (AvgIpc) is 2.27. The SMILES string of the molecule is C[C@@H](NCC(C)(C)CO)c1ccccc1Cl. The Labute approximate surface area is 103 Å². The second kappa shape index (κ2) is 5.67. The third kappa shape index (κ3) is 3.78. The van der Waals surface area contributed by atoms with E-state index in [1.165, 1.54) is 0 Å². The van der Waals surface area contributed by atoms with Gasteiger partial charge in [0.1, 0.15) is 0 Å². The van der Waals surface area contributed by atoms with Gasteiger partial charge in [-0.15, -0.1) is 0 Å². The van der Waals surface area contributed by atoms with Crippen molar-refractivity contribution in [2.24, 2.45) is 5.41 Å². The topological polar surface area (TPSA) is 32.3 Å². The summed E-state index contributed by atoms with van der Waals surface area (Å²) in [4.78, 5) is 0. The van der Waals surface area contributed by atoms with Crippen LogP contribution in [0.3, 0.4) is 0 Å². The predicted octanol–water partition coefficient (Wildman–Crippen LogP) is 3.01. The zero-order valence-electron chi connectivity index (χ0n) is 10.1. The Kier molecular flexibility index (Phi) is 4.78. The Balaban J connectivity index is 2.60. The summed E-state index contributed by atoms with van der Waals surface area (Å²) >= 11 is 6.11. The van der Waals surface area contributed by atoms with E-state index in [2.05, 4.69) is 12.2 Å². The van der Waals surface area contributed by atoms with E-state index >= 15 is 0 Å². The van der Waals surface area contributed by atoms with Gasteiger partial charge in [0, 0.05) is 29.6 Å². The predicted molar refractivity (Wildman–Crippen MR) is 68.7 cm³/mol. The lowest BCUT2D eigenvalue weighted by Gasteiger charge is -2.25.